The van der Waals surface area contributed by atoms with Crippen molar-refractivity contribution in [2.45, 2.75) is 71.5 Å². The minimum atomic E-state index is -0.224. The van der Waals surface area contributed by atoms with Gasteiger partial charge in [0.1, 0.15) is 11.5 Å². The first-order valence-corrected chi connectivity index (χ1v) is 9.40. The molecule has 6 nitrogen and oxygen atoms in total. The molecule has 2 rings (SSSR count). The fourth-order valence-corrected chi connectivity index (χ4v) is 3.91. The lowest BCUT2D eigenvalue weighted by Crippen LogP contribution is -2.62. The highest BCUT2D eigenvalue weighted by Crippen LogP contribution is 2.31. The van der Waals surface area contributed by atoms with Gasteiger partial charge in [0, 0.05) is 23.2 Å². The van der Waals surface area contributed by atoms with Crippen molar-refractivity contribution in [1.29, 1.82) is 0 Å². The minimum Gasteiger partial charge on any atom is -0.494 e. The van der Waals surface area contributed by atoms with Crippen LogP contribution in [0.4, 0.5) is 10.5 Å². The first-order valence-electron chi connectivity index (χ1n) is 9.40. The predicted octanol–water partition coefficient (Wildman–Crippen LogP) is 3.91. The molecule has 1 fully saturated rings. The summed E-state index contributed by atoms with van der Waals surface area (Å²) in [5.74, 6) is 1.34. The van der Waals surface area contributed by atoms with Crippen LogP contribution in [0, 0.1) is 0 Å². The lowest BCUT2D eigenvalue weighted by molar-refractivity contribution is 0.149. The smallest absolute Gasteiger partial charge is 0.319 e. The van der Waals surface area contributed by atoms with Gasteiger partial charge in [-0.1, -0.05) is 0 Å². The number of piperidine rings is 1. The molecule has 1 saturated heterocycles. The Bertz CT molecular complexity index is 613. The lowest BCUT2D eigenvalue weighted by atomic mass is 9.80. The van der Waals surface area contributed by atoms with E-state index in [0.29, 0.717) is 30.4 Å². The van der Waals surface area contributed by atoms with E-state index in [-0.39, 0.29) is 23.2 Å². The molecule has 0 radical (unpaired) electrons. The molecule has 146 valence electrons. The highest BCUT2D eigenvalue weighted by atomic mass is 16.5. The maximum Gasteiger partial charge on any atom is 0.319 e. The van der Waals surface area contributed by atoms with Gasteiger partial charge in [-0.2, -0.15) is 0 Å². The number of carbonyl (C=O) groups excluding carboxylic acids is 1. The number of urea groups is 1. The van der Waals surface area contributed by atoms with Crippen LogP contribution in [0.15, 0.2) is 18.2 Å². The summed E-state index contributed by atoms with van der Waals surface area (Å²) >= 11 is 0. The van der Waals surface area contributed by atoms with Crippen LogP contribution >= 0.6 is 0 Å². The first kappa shape index (κ1) is 20.4. The van der Waals surface area contributed by atoms with Crippen molar-refractivity contribution in [2.24, 2.45) is 0 Å². The van der Waals surface area contributed by atoms with Crippen LogP contribution in [-0.4, -0.2) is 36.4 Å². The van der Waals surface area contributed by atoms with Crippen LogP contribution in [0.1, 0.15) is 54.4 Å². The second-order valence-corrected chi connectivity index (χ2v) is 8.12. The zero-order valence-corrected chi connectivity index (χ0v) is 16.9. The third kappa shape index (κ3) is 5.80. The molecule has 0 atom stereocenters. The quantitative estimate of drug-likeness (QED) is 0.716. The molecular formula is C20H33N3O3. The van der Waals surface area contributed by atoms with Gasteiger partial charge < -0.3 is 25.4 Å². The number of hydrogen-bond acceptors (Lipinski definition) is 4. The molecule has 1 aliphatic heterocycles. The topological polar surface area (TPSA) is 71.6 Å². The molecule has 6 heteroatoms. The number of amides is 2. The van der Waals surface area contributed by atoms with Crippen LogP contribution in [0.2, 0.25) is 0 Å². The van der Waals surface area contributed by atoms with Gasteiger partial charge in [-0.25, -0.2) is 4.79 Å². The fourth-order valence-electron chi connectivity index (χ4n) is 3.91. The molecule has 1 heterocycles. The van der Waals surface area contributed by atoms with Gasteiger partial charge in [0.15, 0.2) is 0 Å². The largest absolute Gasteiger partial charge is 0.494 e. The average molecular weight is 364 g/mol. The van der Waals surface area contributed by atoms with Crippen molar-refractivity contribution in [3.05, 3.63) is 18.2 Å². The first-order chi connectivity index (χ1) is 12.1. The van der Waals surface area contributed by atoms with Crippen LogP contribution in [0.5, 0.6) is 11.5 Å². The van der Waals surface area contributed by atoms with Gasteiger partial charge in [-0.15, -0.1) is 0 Å². The summed E-state index contributed by atoms with van der Waals surface area (Å²) in [6.45, 7) is 13.6. The van der Waals surface area contributed by atoms with Crippen molar-refractivity contribution >= 4 is 11.7 Å². The summed E-state index contributed by atoms with van der Waals surface area (Å²) in [6, 6.07) is 5.34. The van der Waals surface area contributed by atoms with Crippen molar-refractivity contribution in [3.8, 4) is 11.5 Å². The third-order valence-corrected chi connectivity index (χ3v) is 4.34. The Kier molecular flexibility index (Phi) is 6.39. The van der Waals surface area contributed by atoms with Gasteiger partial charge >= 0.3 is 6.03 Å². The van der Waals surface area contributed by atoms with E-state index in [1.165, 1.54) is 0 Å². The van der Waals surface area contributed by atoms with E-state index in [0.717, 1.165) is 12.8 Å². The Hall–Kier alpha value is -1.95. The fraction of sp³-hybridized carbons (Fsp3) is 0.650. The summed E-state index contributed by atoms with van der Waals surface area (Å²) in [4.78, 5) is 12.6. The third-order valence-electron chi connectivity index (χ3n) is 4.34. The van der Waals surface area contributed by atoms with Gasteiger partial charge in [-0.3, -0.25) is 0 Å². The normalized spacial score (nSPS) is 18.8. The van der Waals surface area contributed by atoms with Crippen LogP contribution in [0.3, 0.4) is 0 Å². The van der Waals surface area contributed by atoms with Crippen molar-refractivity contribution in [3.63, 3.8) is 0 Å². The Labute approximate surface area is 157 Å². The minimum absolute atomic E-state index is 0.0228. The highest BCUT2D eigenvalue weighted by Gasteiger charge is 2.38. The van der Waals surface area contributed by atoms with Gasteiger partial charge in [0.2, 0.25) is 0 Å². The highest BCUT2D eigenvalue weighted by molar-refractivity contribution is 5.91. The Morgan fingerprint density at radius 3 is 2.31 bits per heavy atom. The molecule has 0 saturated carbocycles. The monoisotopic (exact) mass is 363 g/mol. The molecule has 1 aromatic carbocycles. The summed E-state index contributed by atoms with van der Waals surface area (Å²) in [6.07, 6.45) is 1.75. The Morgan fingerprint density at radius 1 is 1.12 bits per heavy atom. The molecule has 3 N–H and O–H groups in total. The molecule has 1 aliphatic rings. The molecule has 26 heavy (non-hydrogen) atoms. The Morgan fingerprint density at radius 2 is 1.73 bits per heavy atom. The summed E-state index contributed by atoms with van der Waals surface area (Å²) in [5.41, 5.74) is 0.568. The van der Waals surface area contributed by atoms with Gasteiger partial charge in [0.25, 0.3) is 0 Å². The maximum absolute atomic E-state index is 12.6. The Balaban J connectivity index is 2.07. The van der Waals surface area contributed by atoms with E-state index in [1.807, 2.05) is 26.0 Å². The molecule has 0 aliphatic carbocycles. The molecule has 0 spiro atoms. The number of anilines is 1. The lowest BCUT2D eigenvalue weighted by Gasteiger charge is -2.46. The van der Waals surface area contributed by atoms with Gasteiger partial charge in [-0.05, 0) is 66.5 Å². The van der Waals surface area contributed by atoms with Crippen molar-refractivity contribution in [1.82, 2.24) is 10.6 Å². The van der Waals surface area contributed by atoms with Crippen LogP contribution < -0.4 is 25.4 Å². The molecular weight excluding hydrogens is 330 g/mol. The number of benzene rings is 1. The predicted molar refractivity (Wildman–Crippen MR) is 105 cm³/mol. The number of carbonyl (C=O) groups is 1. The van der Waals surface area contributed by atoms with E-state index in [1.54, 1.807) is 6.07 Å². The zero-order chi connectivity index (χ0) is 19.4. The van der Waals surface area contributed by atoms with E-state index in [4.69, 9.17) is 9.47 Å². The summed E-state index contributed by atoms with van der Waals surface area (Å²) < 4.78 is 11.1. The second kappa shape index (κ2) is 8.16. The summed E-state index contributed by atoms with van der Waals surface area (Å²) in [7, 11) is 0. The van der Waals surface area contributed by atoms with Crippen molar-refractivity contribution < 1.29 is 14.3 Å². The van der Waals surface area contributed by atoms with E-state index < -0.39 is 0 Å². The molecule has 2 amide bonds. The average Bonchev–Trinajstić information content (AvgIpc) is 2.46. The summed E-state index contributed by atoms with van der Waals surface area (Å²) in [5, 5.41) is 9.66. The number of nitrogens with one attached hydrogen (secondary N) is 3. The SMILES string of the molecule is CCOc1ccc(OCC)c(NC(=O)NC2CC(C)(C)NC(C)(C)C2)c1. The molecule has 0 aromatic heterocycles. The molecule has 1 aromatic rings. The number of rotatable bonds is 6. The molecule has 0 bridgehead atoms. The number of ether oxygens (including phenoxy) is 2. The second-order valence-electron chi connectivity index (χ2n) is 8.12. The standard InChI is InChI=1S/C20H33N3O3/c1-7-25-15-9-10-17(26-8-2)16(11-15)22-18(24)21-14-12-19(3,4)23-20(5,6)13-14/h9-11,14,23H,7-8,12-13H2,1-6H3,(H2,21,22,24). The maximum atomic E-state index is 12.6. The van der Waals surface area contributed by atoms with Crippen molar-refractivity contribution in [2.75, 3.05) is 18.5 Å². The van der Waals surface area contributed by atoms with Crippen LogP contribution in [0.25, 0.3) is 0 Å². The molecule has 0 unspecified atom stereocenters. The van der Waals surface area contributed by atoms with Crippen LogP contribution in [-0.2, 0) is 0 Å². The van der Waals surface area contributed by atoms with E-state index in [2.05, 4.69) is 43.6 Å². The zero-order valence-electron chi connectivity index (χ0n) is 16.9. The van der Waals surface area contributed by atoms with E-state index >= 15 is 0 Å². The van der Waals surface area contributed by atoms with E-state index in [9.17, 15) is 4.79 Å². The van der Waals surface area contributed by atoms with Gasteiger partial charge in [0.05, 0.1) is 18.9 Å². The number of hydrogen-bond donors (Lipinski definition) is 3.